The Morgan fingerprint density at radius 1 is 1.10 bits per heavy atom. The second kappa shape index (κ2) is 6.17. The molecule has 2 fully saturated rings. The van der Waals surface area contributed by atoms with Crippen molar-refractivity contribution in [1.82, 2.24) is 20.6 Å². The smallest absolute Gasteiger partial charge is 0.249 e. The average molecular weight is 289 g/mol. The molecule has 0 bridgehead atoms. The van der Waals surface area contributed by atoms with E-state index in [2.05, 4.69) is 25.9 Å². The number of carbonyl (C=O) groups excluding carboxylic acids is 2. The van der Waals surface area contributed by atoms with E-state index >= 15 is 0 Å². The van der Waals surface area contributed by atoms with Crippen LogP contribution in [0.1, 0.15) is 37.3 Å². The standard InChI is InChI=1S/C14H19N5O2/c20-13-2-1-10(14(21)19-13)18-12-8-16-11(7-17-12)9-3-5-15-6-4-9/h7-10,15H,1-6H2,(H,17,18)(H,19,20,21). The lowest BCUT2D eigenvalue weighted by molar-refractivity contribution is -0.133. The molecule has 1 aromatic heterocycles. The molecule has 7 nitrogen and oxygen atoms in total. The Kier molecular flexibility index (Phi) is 4.10. The summed E-state index contributed by atoms with van der Waals surface area (Å²) in [4.78, 5) is 31.6. The molecule has 3 heterocycles. The Labute approximate surface area is 122 Å². The topological polar surface area (TPSA) is 96.0 Å². The van der Waals surface area contributed by atoms with Gasteiger partial charge in [0.2, 0.25) is 11.8 Å². The molecule has 2 aliphatic rings. The first-order valence-corrected chi connectivity index (χ1v) is 7.35. The van der Waals surface area contributed by atoms with Gasteiger partial charge in [0, 0.05) is 12.3 Å². The highest BCUT2D eigenvalue weighted by atomic mass is 16.2. The SMILES string of the molecule is O=C1CCC(Nc2cnc(C3CCNCC3)cn2)C(=O)N1. The lowest BCUT2D eigenvalue weighted by Crippen LogP contribution is -2.47. The third kappa shape index (κ3) is 3.36. The van der Waals surface area contributed by atoms with Crippen molar-refractivity contribution in [2.24, 2.45) is 0 Å². The second-order valence-corrected chi connectivity index (χ2v) is 5.50. The Bertz CT molecular complexity index is 525. The van der Waals surface area contributed by atoms with Crippen LogP contribution in [0.15, 0.2) is 12.4 Å². The number of piperidine rings is 2. The summed E-state index contributed by atoms with van der Waals surface area (Å²) in [7, 11) is 0. The van der Waals surface area contributed by atoms with E-state index in [1.165, 1.54) is 0 Å². The van der Waals surface area contributed by atoms with Gasteiger partial charge >= 0.3 is 0 Å². The Balaban J connectivity index is 1.61. The molecule has 2 amide bonds. The van der Waals surface area contributed by atoms with Gasteiger partial charge in [-0.05, 0) is 32.4 Å². The molecule has 7 heteroatoms. The summed E-state index contributed by atoms with van der Waals surface area (Å²) in [5.74, 6) is 0.520. The van der Waals surface area contributed by atoms with Crippen molar-refractivity contribution in [3.05, 3.63) is 18.1 Å². The van der Waals surface area contributed by atoms with Crippen LogP contribution in [0.25, 0.3) is 0 Å². The lowest BCUT2D eigenvalue weighted by atomic mass is 9.95. The quantitative estimate of drug-likeness (QED) is 0.686. The molecule has 21 heavy (non-hydrogen) atoms. The van der Waals surface area contributed by atoms with Crippen molar-refractivity contribution < 1.29 is 9.59 Å². The minimum Gasteiger partial charge on any atom is -0.357 e. The van der Waals surface area contributed by atoms with Crippen molar-refractivity contribution in [3.8, 4) is 0 Å². The summed E-state index contributed by atoms with van der Waals surface area (Å²) in [6.07, 6.45) is 6.45. The fraction of sp³-hybridized carbons (Fsp3) is 0.571. The molecule has 0 saturated carbocycles. The number of anilines is 1. The molecule has 0 aliphatic carbocycles. The number of imide groups is 1. The van der Waals surface area contributed by atoms with Crippen molar-refractivity contribution in [2.45, 2.75) is 37.6 Å². The number of nitrogens with one attached hydrogen (secondary N) is 3. The first-order valence-electron chi connectivity index (χ1n) is 7.35. The fourth-order valence-corrected chi connectivity index (χ4v) is 2.75. The summed E-state index contributed by atoms with van der Waals surface area (Å²) >= 11 is 0. The number of hydrogen-bond donors (Lipinski definition) is 3. The predicted octanol–water partition coefficient (Wildman–Crippen LogP) is 0.161. The van der Waals surface area contributed by atoms with Gasteiger partial charge in [-0.15, -0.1) is 0 Å². The van der Waals surface area contributed by atoms with Crippen LogP contribution in [0.4, 0.5) is 5.82 Å². The first-order chi connectivity index (χ1) is 10.2. The lowest BCUT2D eigenvalue weighted by Gasteiger charge is -2.23. The number of aromatic nitrogens is 2. The molecule has 1 atom stereocenters. The second-order valence-electron chi connectivity index (χ2n) is 5.50. The fourth-order valence-electron chi connectivity index (χ4n) is 2.75. The maximum absolute atomic E-state index is 11.7. The van der Waals surface area contributed by atoms with Crippen LogP contribution in [-0.4, -0.2) is 40.9 Å². The summed E-state index contributed by atoms with van der Waals surface area (Å²) < 4.78 is 0. The Morgan fingerprint density at radius 2 is 1.90 bits per heavy atom. The van der Waals surface area contributed by atoms with Crippen LogP contribution >= 0.6 is 0 Å². The van der Waals surface area contributed by atoms with Crippen LogP contribution in [-0.2, 0) is 9.59 Å². The number of nitrogens with zero attached hydrogens (tertiary/aromatic N) is 2. The van der Waals surface area contributed by atoms with Crippen LogP contribution in [0, 0.1) is 0 Å². The van der Waals surface area contributed by atoms with Crippen LogP contribution in [0.3, 0.4) is 0 Å². The van der Waals surface area contributed by atoms with Crippen molar-refractivity contribution in [1.29, 1.82) is 0 Å². The van der Waals surface area contributed by atoms with E-state index in [1.807, 2.05) is 0 Å². The van der Waals surface area contributed by atoms with E-state index in [1.54, 1.807) is 12.4 Å². The molecule has 2 aliphatic heterocycles. The van der Waals surface area contributed by atoms with Gasteiger partial charge in [0.1, 0.15) is 11.9 Å². The number of rotatable bonds is 3. The third-order valence-electron chi connectivity index (χ3n) is 3.99. The minimum atomic E-state index is -0.415. The molecule has 0 spiro atoms. The van der Waals surface area contributed by atoms with Gasteiger partial charge in [0.25, 0.3) is 0 Å². The molecular weight excluding hydrogens is 270 g/mol. The van der Waals surface area contributed by atoms with Crippen molar-refractivity contribution >= 4 is 17.6 Å². The van der Waals surface area contributed by atoms with Crippen LogP contribution < -0.4 is 16.0 Å². The molecule has 0 radical (unpaired) electrons. The van der Waals surface area contributed by atoms with E-state index in [-0.39, 0.29) is 11.8 Å². The molecule has 1 aromatic rings. The highest BCUT2D eigenvalue weighted by Crippen LogP contribution is 2.23. The Morgan fingerprint density at radius 3 is 2.57 bits per heavy atom. The van der Waals surface area contributed by atoms with E-state index < -0.39 is 6.04 Å². The van der Waals surface area contributed by atoms with E-state index in [0.29, 0.717) is 24.6 Å². The summed E-state index contributed by atoms with van der Waals surface area (Å²) in [6, 6.07) is -0.415. The zero-order valence-corrected chi connectivity index (χ0v) is 11.8. The highest BCUT2D eigenvalue weighted by molar-refractivity contribution is 6.01. The van der Waals surface area contributed by atoms with Crippen LogP contribution in [0.2, 0.25) is 0 Å². The highest BCUT2D eigenvalue weighted by Gasteiger charge is 2.26. The number of carbonyl (C=O) groups is 2. The van der Waals surface area contributed by atoms with Gasteiger partial charge in [-0.3, -0.25) is 19.9 Å². The van der Waals surface area contributed by atoms with E-state index in [0.717, 1.165) is 31.6 Å². The maximum Gasteiger partial charge on any atom is 0.249 e. The predicted molar refractivity (Wildman–Crippen MR) is 76.7 cm³/mol. The molecule has 3 rings (SSSR count). The first kappa shape index (κ1) is 13.9. The van der Waals surface area contributed by atoms with E-state index in [4.69, 9.17) is 0 Å². The summed E-state index contributed by atoms with van der Waals surface area (Å²) in [5.41, 5.74) is 1.00. The molecule has 3 N–H and O–H groups in total. The summed E-state index contributed by atoms with van der Waals surface area (Å²) in [5, 5.41) is 8.67. The van der Waals surface area contributed by atoms with Gasteiger partial charge in [-0.25, -0.2) is 4.98 Å². The zero-order chi connectivity index (χ0) is 14.7. The van der Waals surface area contributed by atoms with Crippen molar-refractivity contribution in [3.63, 3.8) is 0 Å². The van der Waals surface area contributed by atoms with Gasteiger partial charge in [0.15, 0.2) is 0 Å². The average Bonchev–Trinajstić information content (AvgIpc) is 2.52. The van der Waals surface area contributed by atoms with Gasteiger partial charge in [0.05, 0.1) is 18.1 Å². The molecular formula is C14H19N5O2. The third-order valence-corrected chi connectivity index (χ3v) is 3.99. The van der Waals surface area contributed by atoms with Gasteiger partial charge < -0.3 is 10.6 Å². The molecule has 112 valence electrons. The number of amides is 2. The zero-order valence-electron chi connectivity index (χ0n) is 11.8. The number of hydrogen-bond acceptors (Lipinski definition) is 6. The minimum absolute atomic E-state index is 0.217. The molecule has 2 saturated heterocycles. The van der Waals surface area contributed by atoms with Crippen LogP contribution in [0.5, 0.6) is 0 Å². The van der Waals surface area contributed by atoms with Gasteiger partial charge in [-0.1, -0.05) is 0 Å². The summed E-state index contributed by atoms with van der Waals surface area (Å²) in [6.45, 7) is 2.03. The Hall–Kier alpha value is -2.02. The monoisotopic (exact) mass is 289 g/mol. The van der Waals surface area contributed by atoms with Crippen molar-refractivity contribution in [2.75, 3.05) is 18.4 Å². The normalized spacial score (nSPS) is 23.7. The molecule has 1 unspecified atom stereocenters. The molecule has 0 aromatic carbocycles. The maximum atomic E-state index is 11.7. The van der Waals surface area contributed by atoms with Gasteiger partial charge in [-0.2, -0.15) is 0 Å². The van der Waals surface area contributed by atoms with E-state index in [9.17, 15) is 9.59 Å². The largest absolute Gasteiger partial charge is 0.357 e.